The Morgan fingerprint density at radius 3 is 2.43 bits per heavy atom. The number of ether oxygens (including phenoxy) is 1. The zero-order valence-corrected chi connectivity index (χ0v) is 16.7. The molecule has 1 aromatic heterocycles. The van der Waals surface area contributed by atoms with Gasteiger partial charge in [-0.1, -0.05) is 31.2 Å². The second kappa shape index (κ2) is 8.65. The highest BCUT2D eigenvalue weighted by molar-refractivity contribution is 5.95. The van der Waals surface area contributed by atoms with Crippen LogP contribution in [-0.4, -0.2) is 35.2 Å². The van der Waals surface area contributed by atoms with Crippen molar-refractivity contribution in [3.63, 3.8) is 0 Å². The zero-order valence-electron chi connectivity index (χ0n) is 16.7. The van der Waals surface area contributed by atoms with Gasteiger partial charge in [-0.05, 0) is 55.3 Å². The second-order valence-electron chi connectivity index (χ2n) is 6.75. The molecule has 1 heterocycles. The maximum absolute atomic E-state index is 13.1. The van der Waals surface area contributed by atoms with Crippen LogP contribution in [0.25, 0.3) is 11.3 Å². The average molecular weight is 375 g/mol. The number of rotatable bonds is 6. The SMILES string of the molecule is CC[C@H](c1ccc(OC)cc1)N(C)C(=O)c1cccc(-c2ccc(C)nn2)c1. The molecule has 0 aliphatic heterocycles. The first-order chi connectivity index (χ1) is 13.5. The largest absolute Gasteiger partial charge is 0.497 e. The Labute approximate surface area is 166 Å². The summed E-state index contributed by atoms with van der Waals surface area (Å²) in [7, 11) is 3.49. The van der Waals surface area contributed by atoms with Gasteiger partial charge in [0.1, 0.15) is 5.75 Å². The second-order valence-corrected chi connectivity index (χ2v) is 6.75. The molecule has 1 amide bonds. The van der Waals surface area contributed by atoms with Crippen LogP contribution in [0.4, 0.5) is 0 Å². The van der Waals surface area contributed by atoms with Crippen LogP contribution in [0.2, 0.25) is 0 Å². The monoisotopic (exact) mass is 375 g/mol. The molecule has 3 rings (SSSR count). The number of aromatic nitrogens is 2. The number of hydrogen-bond acceptors (Lipinski definition) is 4. The molecule has 0 saturated heterocycles. The Hall–Kier alpha value is -3.21. The minimum absolute atomic E-state index is 0.0128. The molecule has 0 aliphatic carbocycles. The number of amides is 1. The van der Waals surface area contributed by atoms with Crippen molar-refractivity contribution in [1.82, 2.24) is 15.1 Å². The Balaban J connectivity index is 1.85. The van der Waals surface area contributed by atoms with E-state index in [1.54, 1.807) is 12.0 Å². The lowest BCUT2D eigenvalue weighted by molar-refractivity contribution is 0.0726. The van der Waals surface area contributed by atoms with Crippen molar-refractivity contribution in [2.45, 2.75) is 26.3 Å². The zero-order chi connectivity index (χ0) is 20.1. The van der Waals surface area contributed by atoms with Crippen molar-refractivity contribution in [2.24, 2.45) is 0 Å². The lowest BCUT2D eigenvalue weighted by atomic mass is 10.0. The third-order valence-corrected chi connectivity index (χ3v) is 4.88. The summed E-state index contributed by atoms with van der Waals surface area (Å²) >= 11 is 0. The van der Waals surface area contributed by atoms with Crippen LogP contribution < -0.4 is 4.74 Å². The van der Waals surface area contributed by atoms with E-state index in [1.165, 1.54) is 0 Å². The minimum atomic E-state index is -0.0235. The van der Waals surface area contributed by atoms with Gasteiger partial charge in [0, 0.05) is 18.2 Å². The van der Waals surface area contributed by atoms with Crippen LogP contribution in [-0.2, 0) is 0 Å². The number of methoxy groups -OCH3 is 1. The third kappa shape index (κ3) is 4.19. The van der Waals surface area contributed by atoms with Crippen molar-refractivity contribution in [3.8, 4) is 17.0 Å². The maximum Gasteiger partial charge on any atom is 0.254 e. The molecule has 144 valence electrons. The Bertz CT molecular complexity index is 937. The summed E-state index contributed by atoms with van der Waals surface area (Å²) in [6.07, 6.45) is 0.817. The van der Waals surface area contributed by atoms with Crippen LogP contribution in [0.15, 0.2) is 60.7 Å². The quantitative estimate of drug-likeness (QED) is 0.627. The van der Waals surface area contributed by atoms with E-state index < -0.39 is 0 Å². The number of carbonyl (C=O) groups is 1. The summed E-state index contributed by atoms with van der Waals surface area (Å²) in [6.45, 7) is 3.98. The minimum Gasteiger partial charge on any atom is -0.497 e. The predicted molar refractivity (Wildman–Crippen MR) is 110 cm³/mol. The van der Waals surface area contributed by atoms with Gasteiger partial charge in [0.05, 0.1) is 24.5 Å². The third-order valence-electron chi connectivity index (χ3n) is 4.88. The molecule has 0 spiro atoms. The number of aryl methyl sites for hydroxylation is 1. The highest BCUT2D eigenvalue weighted by Gasteiger charge is 2.22. The highest BCUT2D eigenvalue weighted by atomic mass is 16.5. The Morgan fingerprint density at radius 1 is 1.07 bits per heavy atom. The van der Waals surface area contributed by atoms with Gasteiger partial charge in [-0.3, -0.25) is 4.79 Å². The molecular formula is C23H25N3O2. The molecule has 0 N–H and O–H groups in total. The summed E-state index contributed by atoms with van der Waals surface area (Å²) in [5.74, 6) is 0.782. The number of nitrogens with zero attached hydrogens (tertiary/aromatic N) is 3. The first kappa shape index (κ1) is 19.5. The van der Waals surface area contributed by atoms with Crippen molar-refractivity contribution in [1.29, 1.82) is 0 Å². The standard InChI is InChI=1S/C23H25N3O2/c1-5-22(17-10-12-20(28-4)13-11-17)26(3)23(27)19-8-6-7-18(15-19)21-14-9-16(2)24-25-21/h6-15,22H,5H2,1-4H3/t22-/m1/s1. The van der Waals surface area contributed by atoms with E-state index in [1.807, 2.05) is 74.6 Å². The van der Waals surface area contributed by atoms with Gasteiger partial charge < -0.3 is 9.64 Å². The molecule has 0 aliphatic rings. The van der Waals surface area contributed by atoms with E-state index >= 15 is 0 Å². The summed E-state index contributed by atoms with van der Waals surface area (Å²) in [4.78, 5) is 14.9. The van der Waals surface area contributed by atoms with Crippen LogP contribution in [0.1, 0.15) is 41.0 Å². The van der Waals surface area contributed by atoms with E-state index in [-0.39, 0.29) is 11.9 Å². The van der Waals surface area contributed by atoms with Crippen molar-refractivity contribution in [2.75, 3.05) is 14.2 Å². The van der Waals surface area contributed by atoms with Gasteiger partial charge in [-0.2, -0.15) is 10.2 Å². The predicted octanol–water partition coefficient (Wildman–Crippen LogP) is 4.68. The molecular weight excluding hydrogens is 350 g/mol. The van der Waals surface area contributed by atoms with Gasteiger partial charge in [0.2, 0.25) is 0 Å². The van der Waals surface area contributed by atoms with E-state index in [2.05, 4.69) is 17.1 Å². The number of benzene rings is 2. The van der Waals surface area contributed by atoms with Gasteiger partial charge in [-0.25, -0.2) is 0 Å². The highest BCUT2D eigenvalue weighted by Crippen LogP contribution is 2.27. The molecule has 0 fully saturated rings. The molecule has 5 heteroatoms. The summed E-state index contributed by atoms with van der Waals surface area (Å²) in [5, 5.41) is 8.33. The van der Waals surface area contributed by atoms with Crippen LogP contribution >= 0.6 is 0 Å². The molecule has 3 aromatic rings. The summed E-state index contributed by atoms with van der Waals surface area (Å²) < 4.78 is 5.23. The molecule has 28 heavy (non-hydrogen) atoms. The Morgan fingerprint density at radius 2 is 1.82 bits per heavy atom. The first-order valence-electron chi connectivity index (χ1n) is 9.35. The topological polar surface area (TPSA) is 55.3 Å². The molecule has 5 nitrogen and oxygen atoms in total. The van der Waals surface area contributed by atoms with Gasteiger partial charge in [-0.15, -0.1) is 0 Å². The van der Waals surface area contributed by atoms with Gasteiger partial charge >= 0.3 is 0 Å². The lowest BCUT2D eigenvalue weighted by Gasteiger charge is -2.28. The molecule has 2 aromatic carbocycles. The van der Waals surface area contributed by atoms with E-state index in [0.29, 0.717) is 5.56 Å². The first-order valence-corrected chi connectivity index (χ1v) is 9.35. The van der Waals surface area contributed by atoms with E-state index in [9.17, 15) is 4.79 Å². The number of carbonyl (C=O) groups excluding carboxylic acids is 1. The fraction of sp³-hybridized carbons (Fsp3) is 0.261. The molecule has 0 unspecified atom stereocenters. The van der Waals surface area contributed by atoms with E-state index in [0.717, 1.165) is 34.7 Å². The fourth-order valence-corrected chi connectivity index (χ4v) is 3.27. The molecule has 0 saturated carbocycles. The van der Waals surface area contributed by atoms with Crippen LogP contribution in [0, 0.1) is 6.92 Å². The molecule has 0 radical (unpaired) electrons. The Kier molecular flexibility index (Phi) is 6.04. The number of hydrogen-bond donors (Lipinski definition) is 0. The van der Waals surface area contributed by atoms with Gasteiger partial charge in [0.15, 0.2) is 0 Å². The van der Waals surface area contributed by atoms with Gasteiger partial charge in [0.25, 0.3) is 5.91 Å². The van der Waals surface area contributed by atoms with Crippen LogP contribution in [0.5, 0.6) is 5.75 Å². The summed E-state index contributed by atoms with van der Waals surface area (Å²) in [5.41, 5.74) is 4.21. The maximum atomic E-state index is 13.1. The van der Waals surface area contributed by atoms with Crippen molar-refractivity contribution < 1.29 is 9.53 Å². The summed E-state index contributed by atoms with van der Waals surface area (Å²) in [6, 6.07) is 19.2. The van der Waals surface area contributed by atoms with Crippen molar-refractivity contribution >= 4 is 5.91 Å². The van der Waals surface area contributed by atoms with E-state index in [4.69, 9.17) is 4.74 Å². The van der Waals surface area contributed by atoms with Crippen LogP contribution in [0.3, 0.4) is 0 Å². The molecule has 0 bridgehead atoms. The normalized spacial score (nSPS) is 11.7. The average Bonchev–Trinajstić information content (AvgIpc) is 2.74. The molecule has 1 atom stereocenters. The van der Waals surface area contributed by atoms with Crippen molar-refractivity contribution in [3.05, 3.63) is 77.5 Å². The smallest absolute Gasteiger partial charge is 0.254 e. The fourth-order valence-electron chi connectivity index (χ4n) is 3.27. The lowest BCUT2D eigenvalue weighted by Crippen LogP contribution is -2.31.